The summed E-state index contributed by atoms with van der Waals surface area (Å²) < 4.78 is 11.0. The lowest BCUT2D eigenvalue weighted by Crippen LogP contribution is -2.46. The highest BCUT2D eigenvalue weighted by Crippen LogP contribution is 2.28. The number of methoxy groups -OCH3 is 1. The molecule has 2 fully saturated rings. The predicted molar refractivity (Wildman–Crippen MR) is 98.0 cm³/mol. The Morgan fingerprint density at radius 3 is 2.88 bits per heavy atom. The van der Waals surface area contributed by atoms with Gasteiger partial charge in [-0.05, 0) is 62.1 Å². The van der Waals surface area contributed by atoms with Gasteiger partial charge in [-0.3, -0.25) is 0 Å². The highest BCUT2D eigenvalue weighted by molar-refractivity contribution is 5.74. The summed E-state index contributed by atoms with van der Waals surface area (Å²) in [5.74, 6) is 1.52. The minimum Gasteiger partial charge on any atom is -0.497 e. The van der Waals surface area contributed by atoms with Crippen molar-refractivity contribution < 1.29 is 14.3 Å². The van der Waals surface area contributed by atoms with Crippen molar-refractivity contribution in [1.29, 1.82) is 0 Å². The third-order valence-electron chi connectivity index (χ3n) is 5.37. The molecule has 1 N–H and O–H groups in total. The van der Waals surface area contributed by atoms with Gasteiger partial charge in [0.25, 0.3) is 0 Å². The Morgan fingerprint density at radius 2 is 2.16 bits per heavy atom. The molecule has 0 radical (unpaired) electrons. The van der Waals surface area contributed by atoms with Crippen molar-refractivity contribution in [3.05, 3.63) is 29.8 Å². The van der Waals surface area contributed by atoms with Crippen LogP contribution in [-0.4, -0.2) is 50.4 Å². The number of ether oxygens (including phenoxy) is 2. The van der Waals surface area contributed by atoms with Crippen LogP contribution in [0.15, 0.2) is 24.3 Å². The third kappa shape index (κ3) is 5.11. The molecule has 0 spiro atoms. The van der Waals surface area contributed by atoms with E-state index < -0.39 is 0 Å². The largest absolute Gasteiger partial charge is 0.497 e. The van der Waals surface area contributed by atoms with Gasteiger partial charge >= 0.3 is 6.03 Å². The van der Waals surface area contributed by atoms with Crippen molar-refractivity contribution in [2.45, 2.75) is 44.6 Å². The van der Waals surface area contributed by atoms with Crippen LogP contribution in [-0.2, 0) is 11.2 Å². The fourth-order valence-corrected chi connectivity index (χ4v) is 3.88. The van der Waals surface area contributed by atoms with E-state index >= 15 is 0 Å². The van der Waals surface area contributed by atoms with Gasteiger partial charge in [-0.15, -0.1) is 0 Å². The Balaban J connectivity index is 1.33. The molecule has 2 aliphatic heterocycles. The molecule has 2 saturated heterocycles. The Hall–Kier alpha value is -1.75. The first-order valence-electron chi connectivity index (χ1n) is 9.53. The van der Waals surface area contributed by atoms with E-state index in [1.165, 1.54) is 18.4 Å². The van der Waals surface area contributed by atoms with Crippen LogP contribution in [0.3, 0.4) is 0 Å². The Labute approximate surface area is 150 Å². The fourth-order valence-electron chi connectivity index (χ4n) is 3.88. The van der Waals surface area contributed by atoms with E-state index in [0.29, 0.717) is 18.6 Å². The van der Waals surface area contributed by atoms with Crippen LogP contribution in [0.5, 0.6) is 5.75 Å². The number of rotatable bonds is 6. The molecule has 0 aromatic heterocycles. The zero-order chi connectivity index (χ0) is 17.5. The number of aryl methyl sites for hydroxylation is 1. The van der Waals surface area contributed by atoms with Gasteiger partial charge in [0.05, 0.1) is 13.2 Å². The average molecular weight is 346 g/mol. The molecule has 0 saturated carbocycles. The summed E-state index contributed by atoms with van der Waals surface area (Å²) in [6, 6.07) is 8.19. The molecule has 25 heavy (non-hydrogen) atoms. The van der Waals surface area contributed by atoms with Crippen molar-refractivity contribution in [2.75, 3.05) is 33.4 Å². The maximum atomic E-state index is 12.3. The smallest absolute Gasteiger partial charge is 0.317 e. The van der Waals surface area contributed by atoms with Gasteiger partial charge in [-0.1, -0.05) is 12.1 Å². The van der Waals surface area contributed by atoms with Crippen LogP contribution in [0.1, 0.15) is 37.7 Å². The number of benzene rings is 1. The quantitative estimate of drug-likeness (QED) is 0.805. The Kier molecular flexibility index (Phi) is 6.56. The maximum absolute atomic E-state index is 12.3. The Morgan fingerprint density at radius 1 is 1.32 bits per heavy atom. The van der Waals surface area contributed by atoms with Crippen LogP contribution >= 0.6 is 0 Å². The van der Waals surface area contributed by atoms with E-state index in [9.17, 15) is 4.79 Å². The molecule has 138 valence electrons. The average Bonchev–Trinajstić information content (AvgIpc) is 3.20. The number of nitrogens with one attached hydrogen (secondary N) is 1. The number of carbonyl (C=O) groups is 1. The summed E-state index contributed by atoms with van der Waals surface area (Å²) in [6.07, 6.45) is 6.85. The van der Waals surface area contributed by atoms with E-state index in [0.717, 1.165) is 51.1 Å². The van der Waals surface area contributed by atoms with Gasteiger partial charge in [0.2, 0.25) is 0 Å². The predicted octanol–water partition coefficient (Wildman–Crippen LogP) is 3.23. The molecular formula is C20H30N2O3. The Bertz CT molecular complexity index is 550. The minimum atomic E-state index is 0.0800. The lowest BCUT2D eigenvalue weighted by molar-refractivity contribution is 0.0372. The van der Waals surface area contributed by atoms with Crippen molar-refractivity contribution >= 4 is 6.03 Å². The number of amides is 2. The van der Waals surface area contributed by atoms with Crippen LogP contribution in [0, 0.1) is 5.92 Å². The van der Waals surface area contributed by atoms with Crippen LogP contribution < -0.4 is 10.1 Å². The van der Waals surface area contributed by atoms with Crippen LogP contribution in [0.2, 0.25) is 0 Å². The number of likely N-dealkylation sites (tertiary alicyclic amines) is 1. The van der Waals surface area contributed by atoms with Gasteiger partial charge in [0, 0.05) is 26.2 Å². The molecule has 0 aliphatic carbocycles. The molecule has 2 heterocycles. The lowest BCUT2D eigenvalue weighted by atomic mass is 9.90. The molecule has 2 aliphatic rings. The molecular weight excluding hydrogens is 316 g/mol. The van der Waals surface area contributed by atoms with E-state index in [-0.39, 0.29) is 6.03 Å². The normalized spacial score (nSPS) is 21.3. The first-order valence-corrected chi connectivity index (χ1v) is 9.53. The van der Waals surface area contributed by atoms with Crippen molar-refractivity contribution in [1.82, 2.24) is 10.2 Å². The molecule has 0 bridgehead atoms. The monoisotopic (exact) mass is 346 g/mol. The van der Waals surface area contributed by atoms with Crippen LogP contribution in [0.4, 0.5) is 4.79 Å². The standard InChI is InChI=1S/C20H30N2O3/c1-24-18-7-2-5-16(15-18)6-3-11-21-20(23)22-12-9-17(10-13-22)19-8-4-14-25-19/h2,5,7,15,17,19H,3-4,6,8-14H2,1H3,(H,21,23). The summed E-state index contributed by atoms with van der Waals surface area (Å²) in [5, 5.41) is 3.06. The SMILES string of the molecule is COc1cccc(CCCNC(=O)N2CCC(C3CCCO3)CC2)c1. The fraction of sp³-hybridized carbons (Fsp3) is 0.650. The van der Waals surface area contributed by atoms with Gasteiger partial charge in [0.15, 0.2) is 0 Å². The zero-order valence-corrected chi connectivity index (χ0v) is 15.2. The van der Waals surface area contributed by atoms with Gasteiger partial charge in [0.1, 0.15) is 5.75 Å². The second-order valence-corrected chi connectivity index (χ2v) is 7.06. The second-order valence-electron chi connectivity index (χ2n) is 7.06. The summed E-state index contributed by atoms with van der Waals surface area (Å²) in [5.41, 5.74) is 1.24. The number of nitrogens with zero attached hydrogens (tertiary/aromatic N) is 1. The van der Waals surface area contributed by atoms with Crippen molar-refractivity contribution in [3.8, 4) is 5.75 Å². The lowest BCUT2D eigenvalue weighted by Gasteiger charge is -2.34. The molecule has 5 heteroatoms. The van der Waals surface area contributed by atoms with Gasteiger partial charge < -0.3 is 19.7 Å². The zero-order valence-electron chi connectivity index (χ0n) is 15.2. The summed E-state index contributed by atoms with van der Waals surface area (Å²) in [4.78, 5) is 14.3. The van der Waals surface area contributed by atoms with E-state index in [4.69, 9.17) is 9.47 Å². The van der Waals surface area contributed by atoms with Crippen LogP contribution in [0.25, 0.3) is 0 Å². The first-order chi connectivity index (χ1) is 12.3. The molecule has 1 aromatic rings. The number of piperidine rings is 1. The molecule has 1 unspecified atom stereocenters. The molecule has 1 atom stereocenters. The number of hydrogen-bond donors (Lipinski definition) is 1. The maximum Gasteiger partial charge on any atom is 0.317 e. The summed E-state index contributed by atoms with van der Waals surface area (Å²) in [7, 11) is 1.68. The van der Waals surface area contributed by atoms with Gasteiger partial charge in [-0.2, -0.15) is 0 Å². The minimum absolute atomic E-state index is 0.0800. The molecule has 1 aromatic carbocycles. The topological polar surface area (TPSA) is 50.8 Å². The molecule has 3 rings (SSSR count). The summed E-state index contributed by atoms with van der Waals surface area (Å²) in [6.45, 7) is 3.33. The first kappa shape index (κ1) is 18.1. The third-order valence-corrected chi connectivity index (χ3v) is 5.37. The molecule has 2 amide bonds. The van der Waals surface area contributed by atoms with E-state index in [1.807, 2.05) is 17.0 Å². The number of urea groups is 1. The van der Waals surface area contributed by atoms with E-state index in [1.54, 1.807) is 7.11 Å². The second kappa shape index (κ2) is 9.09. The summed E-state index contributed by atoms with van der Waals surface area (Å²) >= 11 is 0. The van der Waals surface area contributed by atoms with E-state index in [2.05, 4.69) is 17.4 Å². The molecule has 5 nitrogen and oxygen atoms in total. The highest BCUT2D eigenvalue weighted by atomic mass is 16.5. The van der Waals surface area contributed by atoms with Crippen molar-refractivity contribution in [3.63, 3.8) is 0 Å². The van der Waals surface area contributed by atoms with Gasteiger partial charge in [-0.25, -0.2) is 4.79 Å². The highest BCUT2D eigenvalue weighted by Gasteiger charge is 2.30. The number of hydrogen-bond acceptors (Lipinski definition) is 3. The number of carbonyl (C=O) groups excluding carboxylic acids is 1. The van der Waals surface area contributed by atoms with Crippen molar-refractivity contribution in [2.24, 2.45) is 5.92 Å².